The zero-order valence-electron chi connectivity index (χ0n) is 9.98. The second-order valence-electron chi connectivity index (χ2n) is 6.10. The number of rotatable bonds is 0. The molecule has 0 radical (unpaired) electrons. The summed E-state index contributed by atoms with van der Waals surface area (Å²) in [6, 6.07) is 0. The van der Waals surface area contributed by atoms with Gasteiger partial charge in [-0.25, -0.2) is 0 Å². The summed E-state index contributed by atoms with van der Waals surface area (Å²) in [7, 11) is 0. The van der Waals surface area contributed by atoms with Gasteiger partial charge in [0.15, 0.2) is 0 Å². The Kier molecular flexibility index (Phi) is 2.33. The third kappa shape index (κ3) is 1.80. The molecule has 2 aliphatic rings. The van der Waals surface area contributed by atoms with Crippen molar-refractivity contribution in [1.82, 2.24) is 0 Å². The standard InChI is InChI=1S/C14H22/c1-10-7-11-5-6-13(14(2,3)4)9-12(11)8-10/h7,13H,5-6,8-9H2,1-4H3. The predicted octanol–water partition coefficient (Wildman–Crippen LogP) is 4.48. The van der Waals surface area contributed by atoms with E-state index < -0.39 is 0 Å². The van der Waals surface area contributed by atoms with Crippen molar-refractivity contribution in [3.63, 3.8) is 0 Å². The third-order valence-corrected chi connectivity index (χ3v) is 3.85. The Balaban J connectivity index is 2.10. The second kappa shape index (κ2) is 3.25. The summed E-state index contributed by atoms with van der Waals surface area (Å²) in [6.45, 7) is 9.43. The van der Waals surface area contributed by atoms with Crippen LogP contribution in [-0.4, -0.2) is 0 Å². The summed E-state index contributed by atoms with van der Waals surface area (Å²) in [5.74, 6) is 0.903. The van der Waals surface area contributed by atoms with E-state index in [1.54, 1.807) is 16.7 Å². The molecular weight excluding hydrogens is 168 g/mol. The highest BCUT2D eigenvalue weighted by Gasteiger charge is 2.30. The maximum Gasteiger partial charge on any atom is -0.0102 e. The average Bonchev–Trinajstić information content (AvgIpc) is 2.41. The van der Waals surface area contributed by atoms with E-state index in [-0.39, 0.29) is 0 Å². The van der Waals surface area contributed by atoms with Gasteiger partial charge in [0.1, 0.15) is 0 Å². The largest absolute Gasteiger partial charge is 0.0690 e. The van der Waals surface area contributed by atoms with Gasteiger partial charge in [-0.15, -0.1) is 0 Å². The van der Waals surface area contributed by atoms with E-state index in [9.17, 15) is 0 Å². The summed E-state index contributed by atoms with van der Waals surface area (Å²) in [6.07, 6.45) is 7.77. The molecule has 0 nitrogen and oxygen atoms in total. The fourth-order valence-corrected chi connectivity index (χ4v) is 2.82. The van der Waals surface area contributed by atoms with Crippen LogP contribution in [0.4, 0.5) is 0 Å². The smallest absolute Gasteiger partial charge is 0.0102 e. The van der Waals surface area contributed by atoms with Gasteiger partial charge in [-0.3, -0.25) is 0 Å². The van der Waals surface area contributed by atoms with Gasteiger partial charge in [-0.05, 0) is 49.5 Å². The number of allylic oxidation sites excluding steroid dienone is 4. The summed E-state index contributed by atoms with van der Waals surface area (Å²) >= 11 is 0. The molecule has 2 rings (SSSR count). The molecule has 0 N–H and O–H groups in total. The van der Waals surface area contributed by atoms with Crippen LogP contribution in [-0.2, 0) is 0 Å². The molecule has 1 unspecified atom stereocenters. The SMILES string of the molecule is CC1=CC2=C(C1)CC(C(C)(C)C)CC2. The first kappa shape index (κ1) is 10.0. The lowest BCUT2D eigenvalue weighted by molar-refractivity contribution is 0.216. The molecule has 0 heteroatoms. The Hall–Kier alpha value is -0.520. The normalized spacial score (nSPS) is 27.7. The van der Waals surface area contributed by atoms with E-state index in [1.807, 2.05) is 0 Å². The molecule has 0 aromatic rings. The Morgan fingerprint density at radius 3 is 2.64 bits per heavy atom. The molecule has 0 bridgehead atoms. The Bertz CT molecular complexity index is 296. The molecule has 0 aromatic heterocycles. The molecule has 14 heavy (non-hydrogen) atoms. The highest BCUT2D eigenvalue weighted by molar-refractivity contribution is 5.40. The lowest BCUT2D eigenvalue weighted by atomic mass is 9.71. The molecule has 0 aliphatic heterocycles. The van der Waals surface area contributed by atoms with Crippen molar-refractivity contribution in [3.8, 4) is 0 Å². The van der Waals surface area contributed by atoms with E-state index in [0.29, 0.717) is 5.41 Å². The van der Waals surface area contributed by atoms with E-state index >= 15 is 0 Å². The molecule has 0 amide bonds. The summed E-state index contributed by atoms with van der Waals surface area (Å²) in [5.41, 5.74) is 5.48. The van der Waals surface area contributed by atoms with E-state index in [4.69, 9.17) is 0 Å². The van der Waals surface area contributed by atoms with Crippen molar-refractivity contribution in [2.45, 2.75) is 53.4 Å². The van der Waals surface area contributed by atoms with Crippen LogP contribution in [0.25, 0.3) is 0 Å². The average molecular weight is 190 g/mol. The van der Waals surface area contributed by atoms with Crippen molar-refractivity contribution in [2.75, 3.05) is 0 Å². The minimum absolute atomic E-state index is 0.495. The predicted molar refractivity (Wildman–Crippen MR) is 62.2 cm³/mol. The van der Waals surface area contributed by atoms with Crippen molar-refractivity contribution < 1.29 is 0 Å². The molecule has 0 heterocycles. The van der Waals surface area contributed by atoms with Gasteiger partial charge in [0.25, 0.3) is 0 Å². The van der Waals surface area contributed by atoms with Crippen LogP contribution in [0.3, 0.4) is 0 Å². The zero-order valence-corrected chi connectivity index (χ0v) is 9.98. The summed E-state index contributed by atoms with van der Waals surface area (Å²) in [5, 5.41) is 0. The van der Waals surface area contributed by atoms with Gasteiger partial charge in [0, 0.05) is 0 Å². The first-order valence-electron chi connectivity index (χ1n) is 5.85. The summed E-state index contributed by atoms with van der Waals surface area (Å²) in [4.78, 5) is 0. The quantitative estimate of drug-likeness (QED) is 0.528. The molecule has 1 atom stereocenters. The van der Waals surface area contributed by atoms with Gasteiger partial charge >= 0.3 is 0 Å². The van der Waals surface area contributed by atoms with Gasteiger partial charge in [0.2, 0.25) is 0 Å². The molecule has 0 spiro atoms. The van der Waals surface area contributed by atoms with Crippen LogP contribution in [0.1, 0.15) is 53.4 Å². The molecule has 0 fully saturated rings. The molecule has 0 saturated carbocycles. The second-order valence-corrected chi connectivity index (χ2v) is 6.10. The van der Waals surface area contributed by atoms with Gasteiger partial charge in [-0.1, -0.05) is 38.0 Å². The Morgan fingerprint density at radius 2 is 2.00 bits per heavy atom. The van der Waals surface area contributed by atoms with E-state index in [2.05, 4.69) is 33.8 Å². The van der Waals surface area contributed by atoms with Crippen molar-refractivity contribution in [3.05, 3.63) is 22.8 Å². The fourth-order valence-electron chi connectivity index (χ4n) is 2.82. The van der Waals surface area contributed by atoms with Crippen molar-refractivity contribution in [1.29, 1.82) is 0 Å². The number of hydrogen-bond donors (Lipinski definition) is 0. The molecule has 0 aromatic carbocycles. The topological polar surface area (TPSA) is 0 Å². The van der Waals surface area contributed by atoms with Crippen molar-refractivity contribution in [2.24, 2.45) is 11.3 Å². The van der Waals surface area contributed by atoms with Crippen LogP contribution in [0, 0.1) is 11.3 Å². The van der Waals surface area contributed by atoms with Crippen LogP contribution >= 0.6 is 0 Å². The van der Waals surface area contributed by atoms with Crippen LogP contribution in [0.15, 0.2) is 22.8 Å². The maximum absolute atomic E-state index is 2.42. The fraction of sp³-hybridized carbons (Fsp3) is 0.714. The third-order valence-electron chi connectivity index (χ3n) is 3.85. The van der Waals surface area contributed by atoms with E-state index in [0.717, 1.165) is 5.92 Å². The van der Waals surface area contributed by atoms with E-state index in [1.165, 1.54) is 25.7 Å². The molecule has 0 saturated heterocycles. The maximum atomic E-state index is 2.42. The van der Waals surface area contributed by atoms with Crippen molar-refractivity contribution >= 4 is 0 Å². The minimum atomic E-state index is 0.495. The first-order chi connectivity index (χ1) is 6.47. The van der Waals surface area contributed by atoms with Crippen LogP contribution in [0.5, 0.6) is 0 Å². The Morgan fingerprint density at radius 1 is 1.29 bits per heavy atom. The van der Waals surface area contributed by atoms with Crippen LogP contribution in [0.2, 0.25) is 0 Å². The van der Waals surface area contributed by atoms with Gasteiger partial charge in [0.05, 0.1) is 0 Å². The lowest BCUT2D eigenvalue weighted by Crippen LogP contribution is -2.23. The minimum Gasteiger partial charge on any atom is -0.0690 e. The Labute approximate surface area is 88.1 Å². The monoisotopic (exact) mass is 190 g/mol. The first-order valence-corrected chi connectivity index (χ1v) is 5.85. The molecule has 2 aliphatic carbocycles. The lowest BCUT2D eigenvalue weighted by Gasteiger charge is -2.34. The molecule has 78 valence electrons. The van der Waals surface area contributed by atoms with Gasteiger partial charge < -0.3 is 0 Å². The van der Waals surface area contributed by atoms with Crippen LogP contribution < -0.4 is 0 Å². The number of hydrogen-bond acceptors (Lipinski definition) is 0. The highest BCUT2D eigenvalue weighted by atomic mass is 14.4. The highest BCUT2D eigenvalue weighted by Crippen LogP contribution is 2.44. The summed E-state index contributed by atoms with van der Waals surface area (Å²) < 4.78 is 0. The molecular formula is C14H22. The van der Waals surface area contributed by atoms with Gasteiger partial charge in [-0.2, -0.15) is 0 Å². The zero-order chi connectivity index (χ0) is 10.3.